The minimum atomic E-state index is -0.239. The summed E-state index contributed by atoms with van der Waals surface area (Å²) in [5.74, 6) is 1.25. The molecule has 0 rings (SSSR count). The molecule has 0 amide bonds. The third kappa shape index (κ3) is 5.09. The van der Waals surface area contributed by atoms with Crippen LogP contribution in [0.15, 0.2) is 11.6 Å². The number of hydrogen-bond donors (Lipinski definition) is 1. The molecule has 0 aliphatic carbocycles. The van der Waals surface area contributed by atoms with Crippen molar-refractivity contribution in [1.29, 1.82) is 0 Å². The average molecular weight is 184 g/mol. The molecule has 0 aliphatic heterocycles. The first-order valence-corrected chi connectivity index (χ1v) is 5.33. The van der Waals surface area contributed by atoms with Gasteiger partial charge in [-0.05, 0) is 37.2 Å². The Morgan fingerprint density at radius 3 is 2.23 bits per heavy atom. The predicted molar refractivity (Wildman–Crippen MR) is 58.7 cm³/mol. The second-order valence-electron chi connectivity index (χ2n) is 4.33. The van der Waals surface area contributed by atoms with Crippen LogP contribution in [-0.2, 0) is 0 Å². The molecule has 0 heterocycles. The molecule has 0 saturated heterocycles. The first-order chi connectivity index (χ1) is 5.99. The van der Waals surface area contributed by atoms with Crippen LogP contribution in [-0.4, -0.2) is 11.2 Å². The highest BCUT2D eigenvalue weighted by molar-refractivity contribution is 5.04. The van der Waals surface area contributed by atoms with Crippen LogP contribution in [0.25, 0.3) is 0 Å². The Balaban J connectivity index is 3.99. The lowest BCUT2D eigenvalue weighted by Crippen LogP contribution is -2.16. The van der Waals surface area contributed by atoms with Crippen LogP contribution in [0, 0.1) is 11.8 Å². The number of hydrogen-bond acceptors (Lipinski definition) is 1. The van der Waals surface area contributed by atoms with Gasteiger partial charge in [-0.3, -0.25) is 0 Å². The van der Waals surface area contributed by atoms with E-state index in [1.165, 1.54) is 0 Å². The standard InChI is InChI=1S/C12H24O/c1-6-7-10(4)12(13)8-11(5)9(2)3/h7,9,11-13H,6,8H2,1-5H3. The van der Waals surface area contributed by atoms with E-state index < -0.39 is 0 Å². The maximum Gasteiger partial charge on any atom is 0.0750 e. The van der Waals surface area contributed by atoms with Crippen molar-refractivity contribution in [2.45, 2.75) is 53.6 Å². The molecule has 2 unspecified atom stereocenters. The van der Waals surface area contributed by atoms with Gasteiger partial charge in [0.15, 0.2) is 0 Å². The maximum atomic E-state index is 9.80. The third-order valence-electron chi connectivity index (χ3n) is 2.78. The van der Waals surface area contributed by atoms with Crippen molar-refractivity contribution >= 4 is 0 Å². The molecule has 0 aromatic rings. The fourth-order valence-corrected chi connectivity index (χ4v) is 1.27. The van der Waals surface area contributed by atoms with Crippen molar-refractivity contribution in [2.75, 3.05) is 0 Å². The third-order valence-corrected chi connectivity index (χ3v) is 2.78. The van der Waals surface area contributed by atoms with E-state index in [0.29, 0.717) is 11.8 Å². The Kier molecular flexibility index (Phi) is 6.06. The molecular weight excluding hydrogens is 160 g/mol. The van der Waals surface area contributed by atoms with Crippen LogP contribution in [0.3, 0.4) is 0 Å². The van der Waals surface area contributed by atoms with E-state index in [0.717, 1.165) is 18.4 Å². The monoisotopic (exact) mass is 184 g/mol. The van der Waals surface area contributed by atoms with Gasteiger partial charge in [-0.15, -0.1) is 0 Å². The van der Waals surface area contributed by atoms with Gasteiger partial charge in [-0.25, -0.2) is 0 Å². The van der Waals surface area contributed by atoms with Gasteiger partial charge in [0.1, 0.15) is 0 Å². The Morgan fingerprint density at radius 1 is 1.31 bits per heavy atom. The normalized spacial score (nSPS) is 17.6. The zero-order valence-electron chi connectivity index (χ0n) is 9.67. The van der Waals surface area contributed by atoms with Crippen LogP contribution in [0.2, 0.25) is 0 Å². The molecule has 0 bridgehead atoms. The number of allylic oxidation sites excluding steroid dienone is 1. The summed E-state index contributed by atoms with van der Waals surface area (Å²) < 4.78 is 0. The molecule has 0 aromatic heterocycles. The minimum Gasteiger partial charge on any atom is -0.389 e. The van der Waals surface area contributed by atoms with E-state index in [1.54, 1.807) is 0 Å². The molecule has 2 atom stereocenters. The summed E-state index contributed by atoms with van der Waals surface area (Å²) >= 11 is 0. The highest BCUT2D eigenvalue weighted by atomic mass is 16.3. The van der Waals surface area contributed by atoms with Crippen LogP contribution in [0.4, 0.5) is 0 Å². The van der Waals surface area contributed by atoms with Crippen LogP contribution in [0.1, 0.15) is 47.5 Å². The molecule has 1 heteroatoms. The summed E-state index contributed by atoms with van der Waals surface area (Å²) in [5, 5.41) is 9.80. The van der Waals surface area contributed by atoms with Crippen molar-refractivity contribution in [2.24, 2.45) is 11.8 Å². The highest BCUT2D eigenvalue weighted by Gasteiger charge is 2.13. The van der Waals surface area contributed by atoms with Gasteiger partial charge < -0.3 is 5.11 Å². The Hall–Kier alpha value is -0.300. The molecule has 1 nitrogen and oxygen atoms in total. The lowest BCUT2D eigenvalue weighted by atomic mass is 9.90. The zero-order chi connectivity index (χ0) is 10.4. The number of aliphatic hydroxyl groups excluding tert-OH is 1. The fourth-order valence-electron chi connectivity index (χ4n) is 1.27. The van der Waals surface area contributed by atoms with Crippen LogP contribution in [0.5, 0.6) is 0 Å². The summed E-state index contributed by atoms with van der Waals surface area (Å²) in [7, 11) is 0. The largest absolute Gasteiger partial charge is 0.389 e. The van der Waals surface area contributed by atoms with E-state index in [4.69, 9.17) is 0 Å². The van der Waals surface area contributed by atoms with E-state index in [1.807, 2.05) is 6.92 Å². The van der Waals surface area contributed by atoms with Crippen molar-refractivity contribution < 1.29 is 5.11 Å². The topological polar surface area (TPSA) is 20.2 Å². The first-order valence-electron chi connectivity index (χ1n) is 5.33. The molecule has 0 spiro atoms. The fraction of sp³-hybridized carbons (Fsp3) is 0.833. The summed E-state index contributed by atoms with van der Waals surface area (Å²) in [6, 6.07) is 0. The van der Waals surface area contributed by atoms with Crippen molar-refractivity contribution in [3.05, 3.63) is 11.6 Å². The molecule has 0 aliphatic rings. The maximum absolute atomic E-state index is 9.80. The van der Waals surface area contributed by atoms with Crippen LogP contribution < -0.4 is 0 Å². The first kappa shape index (κ1) is 12.7. The van der Waals surface area contributed by atoms with E-state index >= 15 is 0 Å². The Labute approximate surface area is 82.9 Å². The highest BCUT2D eigenvalue weighted by Crippen LogP contribution is 2.19. The summed E-state index contributed by atoms with van der Waals surface area (Å²) in [6.07, 6.45) is 3.77. The Morgan fingerprint density at radius 2 is 1.85 bits per heavy atom. The lowest BCUT2D eigenvalue weighted by Gasteiger charge is -2.20. The summed E-state index contributed by atoms with van der Waals surface area (Å²) in [5.41, 5.74) is 1.12. The van der Waals surface area contributed by atoms with E-state index in [2.05, 4.69) is 33.8 Å². The average Bonchev–Trinajstić information content (AvgIpc) is 2.04. The second kappa shape index (κ2) is 6.20. The molecule has 1 N–H and O–H groups in total. The molecule has 0 radical (unpaired) electrons. The minimum absolute atomic E-state index is 0.239. The Bertz CT molecular complexity index is 159. The van der Waals surface area contributed by atoms with Crippen molar-refractivity contribution in [3.63, 3.8) is 0 Å². The molecular formula is C12H24O. The molecule has 0 aromatic carbocycles. The summed E-state index contributed by atoms with van der Waals surface area (Å²) in [6.45, 7) is 10.7. The lowest BCUT2D eigenvalue weighted by molar-refractivity contribution is 0.165. The van der Waals surface area contributed by atoms with Crippen molar-refractivity contribution in [3.8, 4) is 0 Å². The number of aliphatic hydroxyl groups is 1. The van der Waals surface area contributed by atoms with Crippen molar-refractivity contribution in [1.82, 2.24) is 0 Å². The summed E-state index contributed by atoms with van der Waals surface area (Å²) in [4.78, 5) is 0. The van der Waals surface area contributed by atoms with Gasteiger partial charge in [0, 0.05) is 0 Å². The molecule has 0 fully saturated rings. The SMILES string of the molecule is CCC=C(C)C(O)CC(C)C(C)C. The quantitative estimate of drug-likeness (QED) is 0.649. The van der Waals surface area contributed by atoms with Crippen LogP contribution >= 0.6 is 0 Å². The molecule has 78 valence electrons. The molecule has 13 heavy (non-hydrogen) atoms. The van der Waals surface area contributed by atoms with Gasteiger partial charge >= 0.3 is 0 Å². The molecule has 0 saturated carbocycles. The number of rotatable bonds is 5. The van der Waals surface area contributed by atoms with E-state index in [-0.39, 0.29) is 6.10 Å². The van der Waals surface area contributed by atoms with E-state index in [9.17, 15) is 5.11 Å². The van der Waals surface area contributed by atoms with Gasteiger partial charge in [0.2, 0.25) is 0 Å². The second-order valence-corrected chi connectivity index (χ2v) is 4.33. The van der Waals surface area contributed by atoms with Gasteiger partial charge in [-0.1, -0.05) is 33.8 Å². The van der Waals surface area contributed by atoms with Gasteiger partial charge in [0.25, 0.3) is 0 Å². The van der Waals surface area contributed by atoms with Gasteiger partial charge in [0.05, 0.1) is 6.10 Å². The zero-order valence-corrected chi connectivity index (χ0v) is 9.67. The van der Waals surface area contributed by atoms with Gasteiger partial charge in [-0.2, -0.15) is 0 Å². The smallest absolute Gasteiger partial charge is 0.0750 e. The predicted octanol–water partition coefficient (Wildman–Crippen LogP) is 3.39.